The first-order valence-corrected chi connectivity index (χ1v) is 6.49. The fourth-order valence-electron chi connectivity index (χ4n) is 1.75. The van der Waals surface area contributed by atoms with Crippen LogP contribution < -0.4 is 10.2 Å². The van der Waals surface area contributed by atoms with Gasteiger partial charge in [0.15, 0.2) is 0 Å². The molecular formula is C14H20N2O5. The van der Waals surface area contributed by atoms with Crippen LogP contribution in [0.4, 0.5) is 10.5 Å². The molecule has 0 radical (unpaired) electrons. The number of rotatable bonds is 7. The van der Waals surface area contributed by atoms with Crippen LogP contribution >= 0.6 is 0 Å². The summed E-state index contributed by atoms with van der Waals surface area (Å²) in [7, 11) is 1.57. The van der Waals surface area contributed by atoms with Gasteiger partial charge in [-0.15, -0.1) is 0 Å². The molecule has 0 aliphatic carbocycles. The number of carboxylic acids is 1. The third-order valence-electron chi connectivity index (χ3n) is 2.75. The van der Waals surface area contributed by atoms with Crippen LogP contribution in [0.5, 0.6) is 5.75 Å². The van der Waals surface area contributed by atoms with E-state index in [-0.39, 0.29) is 11.7 Å². The number of methoxy groups -OCH3 is 1. The molecule has 0 aliphatic rings. The van der Waals surface area contributed by atoms with Crippen molar-refractivity contribution >= 4 is 17.7 Å². The summed E-state index contributed by atoms with van der Waals surface area (Å²) >= 11 is 0. The number of carbonyl (C=O) groups is 2. The van der Waals surface area contributed by atoms with Gasteiger partial charge in [0.05, 0.1) is 6.61 Å². The van der Waals surface area contributed by atoms with E-state index in [2.05, 4.69) is 5.32 Å². The van der Waals surface area contributed by atoms with E-state index < -0.39 is 18.5 Å². The number of ether oxygens (including phenoxy) is 1. The van der Waals surface area contributed by atoms with Crippen molar-refractivity contribution in [3.63, 3.8) is 0 Å². The molecule has 1 aromatic carbocycles. The molecule has 116 valence electrons. The van der Waals surface area contributed by atoms with Crippen LogP contribution in [0.15, 0.2) is 24.3 Å². The molecule has 21 heavy (non-hydrogen) atoms. The number of urea groups is 1. The van der Waals surface area contributed by atoms with E-state index in [0.29, 0.717) is 18.8 Å². The third kappa shape index (κ3) is 5.70. The number of aromatic hydroxyl groups is 1. The Bertz CT molecular complexity index is 475. The summed E-state index contributed by atoms with van der Waals surface area (Å²) in [4.78, 5) is 24.1. The highest BCUT2D eigenvalue weighted by Gasteiger charge is 2.19. The molecule has 1 atom stereocenters. The number of carbonyl (C=O) groups excluding carboxylic acids is 1. The second-order valence-electron chi connectivity index (χ2n) is 4.74. The molecule has 0 spiro atoms. The van der Waals surface area contributed by atoms with E-state index in [0.717, 1.165) is 4.90 Å². The Morgan fingerprint density at radius 2 is 1.95 bits per heavy atom. The molecule has 7 heteroatoms. The van der Waals surface area contributed by atoms with E-state index in [4.69, 9.17) is 9.84 Å². The molecule has 7 nitrogen and oxygen atoms in total. The lowest BCUT2D eigenvalue weighted by atomic mass is 10.2. The highest BCUT2D eigenvalue weighted by molar-refractivity contribution is 5.96. The second kappa shape index (κ2) is 8.11. The van der Waals surface area contributed by atoms with Gasteiger partial charge in [-0.25, -0.2) is 4.79 Å². The summed E-state index contributed by atoms with van der Waals surface area (Å²) in [5, 5.41) is 20.8. The van der Waals surface area contributed by atoms with Gasteiger partial charge in [-0.2, -0.15) is 0 Å². The van der Waals surface area contributed by atoms with E-state index in [1.165, 1.54) is 24.3 Å². The van der Waals surface area contributed by atoms with E-state index >= 15 is 0 Å². The molecule has 1 unspecified atom stereocenters. The maximum Gasteiger partial charge on any atom is 0.323 e. The zero-order chi connectivity index (χ0) is 15.8. The largest absolute Gasteiger partial charge is 0.508 e. The van der Waals surface area contributed by atoms with E-state index in [1.807, 2.05) is 6.92 Å². The molecule has 0 heterocycles. The predicted octanol–water partition coefficient (Wildman–Crippen LogP) is 1.28. The van der Waals surface area contributed by atoms with Crippen LogP contribution in [0.3, 0.4) is 0 Å². The molecule has 1 aromatic rings. The highest BCUT2D eigenvalue weighted by atomic mass is 16.5. The van der Waals surface area contributed by atoms with Crippen molar-refractivity contribution in [1.82, 2.24) is 5.32 Å². The lowest BCUT2D eigenvalue weighted by Crippen LogP contribution is -2.44. The Morgan fingerprint density at radius 1 is 1.33 bits per heavy atom. The number of benzene rings is 1. The molecule has 2 amide bonds. The Balaban J connectivity index is 2.75. The molecule has 3 N–H and O–H groups in total. The van der Waals surface area contributed by atoms with Crippen LogP contribution in [-0.4, -0.2) is 49.0 Å². The number of amides is 2. The van der Waals surface area contributed by atoms with Crippen molar-refractivity contribution in [2.24, 2.45) is 5.92 Å². The minimum absolute atomic E-state index is 0.0446. The minimum atomic E-state index is -1.12. The van der Waals surface area contributed by atoms with E-state index in [9.17, 15) is 14.7 Å². The summed E-state index contributed by atoms with van der Waals surface area (Å²) in [5.41, 5.74) is 0.395. The SMILES string of the molecule is COCC(C)CNC(=O)N(CC(=O)O)c1ccc(O)cc1. The molecule has 0 bridgehead atoms. The van der Waals surface area contributed by atoms with Crippen LogP contribution in [0.2, 0.25) is 0 Å². The Morgan fingerprint density at radius 3 is 2.48 bits per heavy atom. The average Bonchev–Trinajstić information content (AvgIpc) is 2.43. The monoisotopic (exact) mass is 296 g/mol. The summed E-state index contributed by atoms with van der Waals surface area (Å²) in [5.74, 6) is -0.961. The number of nitrogens with one attached hydrogen (secondary N) is 1. The number of anilines is 1. The van der Waals surface area contributed by atoms with Crippen molar-refractivity contribution in [3.8, 4) is 5.75 Å². The van der Waals surface area contributed by atoms with Crippen molar-refractivity contribution < 1.29 is 24.5 Å². The number of phenols is 1. The van der Waals surface area contributed by atoms with Gasteiger partial charge in [0, 0.05) is 19.3 Å². The number of phenolic OH excluding ortho intramolecular Hbond substituents is 1. The first kappa shape index (κ1) is 16.8. The molecule has 0 aliphatic heterocycles. The van der Waals surface area contributed by atoms with Crippen molar-refractivity contribution in [2.75, 3.05) is 31.7 Å². The molecule has 0 fully saturated rings. The summed E-state index contributed by atoms with van der Waals surface area (Å²) < 4.78 is 4.97. The zero-order valence-corrected chi connectivity index (χ0v) is 12.1. The first-order chi connectivity index (χ1) is 9.93. The van der Waals surface area contributed by atoms with Gasteiger partial charge < -0.3 is 20.3 Å². The fraction of sp³-hybridized carbons (Fsp3) is 0.429. The van der Waals surface area contributed by atoms with Gasteiger partial charge in [-0.05, 0) is 30.2 Å². The Kier molecular flexibility index (Phi) is 6.48. The van der Waals surface area contributed by atoms with Gasteiger partial charge >= 0.3 is 12.0 Å². The predicted molar refractivity (Wildman–Crippen MR) is 77.5 cm³/mol. The Labute approximate surface area is 123 Å². The quantitative estimate of drug-likeness (QED) is 0.704. The third-order valence-corrected chi connectivity index (χ3v) is 2.75. The normalized spacial score (nSPS) is 11.7. The molecule has 1 rings (SSSR count). The van der Waals surface area contributed by atoms with Crippen LogP contribution in [0, 0.1) is 5.92 Å². The van der Waals surface area contributed by atoms with Crippen LogP contribution in [-0.2, 0) is 9.53 Å². The Hall–Kier alpha value is -2.28. The summed E-state index contributed by atoms with van der Waals surface area (Å²) in [6.45, 7) is 2.32. The van der Waals surface area contributed by atoms with E-state index in [1.54, 1.807) is 7.11 Å². The average molecular weight is 296 g/mol. The number of carboxylic acid groups (broad SMARTS) is 1. The number of nitrogens with zero attached hydrogens (tertiary/aromatic N) is 1. The fourth-order valence-corrected chi connectivity index (χ4v) is 1.75. The van der Waals surface area contributed by atoms with Crippen molar-refractivity contribution in [2.45, 2.75) is 6.92 Å². The van der Waals surface area contributed by atoms with Gasteiger partial charge in [0.2, 0.25) is 0 Å². The van der Waals surface area contributed by atoms with Gasteiger partial charge in [-0.3, -0.25) is 9.69 Å². The minimum Gasteiger partial charge on any atom is -0.508 e. The van der Waals surface area contributed by atoms with Gasteiger partial charge in [0.1, 0.15) is 12.3 Å². The van der Waals surface area contributed by atoms with Gasteiger partial charge in [-0.1, -0.05) is 6.92 Å². The number of hydrogen-bond acceptors (Lipinski definition) is 4. The van der Waals surface area contributed by atoms with Crippen molar-refractivity contribution in [1.29, 1.82) is 0 Å². The number of hydrogen-bond donors (Lipinski definition) is 3. The molecule has 0 saturated heterocycles. The second-order valence-corrected chi connectivity index (χ2v) is 4.74. The lowest BCUT2D eigenvalue weighted by Gasteiger charge is -2.22. The van der Waals surface area contributed by atoms with Crippen LogP contribution in [0.25, 0.3) is 0 Å². The van der Waals surface area contributed by atoms with Crippen molar-refractivity contribution in [3.05, 3.63) is 24.3 Å². The molecule has 0 aromatic heterocycles. The molecular weight excluding hydrogens is 276 g/mol. The number of aliphatic carboxylic acids is 1. The maximum absolute atomic E-state index is 12.1. The summed E-state index contributed by atoms with van der Waals surface area (Å²) in [6.07, 6.45) is 0. The highest BCUT2D eigenvalue weighted by Crippen LogP contribution is 2.18. The zero-order valence-electron chi connectivity index (χ0n) is 12.1. The lowest BCUT2D eigenvalue weighted by molar-refractivity contribution is -0.135. The topological polar surface area (TPSA) is 99.1 Å². The molecule has 0 saturated carbocycles. The van der Waals surface area contributed by atoms with Gasteiger partial charge in [0.25, 0.3) is 0 Å². The maximum atomic E-state index is 12.1. The smallest absolute Gasteiger partial charge is 0.323 e. The first-order valence-electron chi connectivity index (χ1n) is 6.49. The van der Waals surface area contributed by atoms with Crippen LogP contribution in [0.1, 0.15) is 6.92 Å². The summed E-state index contributed by atoms with van der Waals surface area (Å²) in [6, 6.07) is 5.24. The standard InChI is InChI=1S/C14H20N2O5/c1-10(9-21-2)7-15-14(20)16(8-13(18)19)11-3-5-12(17)6-4-11/h3-6,10,17H,7-9H2,1-2H3,(H,15,20)(H,18,19).